The summed E-state index contributed by atoms with van der Waals surface area (Å²) in [4.78, 5) is 16.4. The second-order valence-electron chi connectivity index (χ2n) is 6.22. The summed E-state index contributed by atoms with van der Waals surface area (Å²) in [6.07, 6.45) is 3.84. The molecule has 0 saturated carbocycles. The monoisotopic (exact) mass is 325 g/mol. The third-order valence-corrected chi connectivity index (χ3v) is 4.17. The van der Waals surface area contributed by atoms with Crippen molar-refractivity contribution in [3.05, 3.63) is 53.3 Å². The summed E-state index contributed by atoms with van der Waals surface area (Å²) >= 11 is 0. The lowest BCUT2D eigenvalue weighted by Crippen LogP contribution is -2.32. The Kier molecular flexibility index (Phi) is 5.11. The van der Waals surface area contributed by atoms with Crippen molar-refractivity contribution in [2.45, 2.75) is 32.8 Å². The van der Waals surface area contributed by atoms with Gasteiger partial charge in [-0.15, -0.1) is 0 Å². The Hall–Kier alpha value is -2.40. The van der Waals surface area contributed by atoms with E-state index in [0.29, 0.717) is 12.2 Å². The van der Waals surface area contributed by atoms with Crippen LogP contribution < -0.4 is 10.6 Å². The van der Waals surface area contributed by atoms with Gasteiger partial charge in [0.05, 0.1) is 6.10 Å². The van der Waals surface area contributed by atoms with Crippen LogP contribution in [0.25, 0.3) is 0 Å². The molecule has 0 radical (unpaired) electrons. The van der Waals surface area contributed by atoms with Crippen molar-refractivity contribution in [2.24, 2.45) is 0 Å². The van der Waals surface area contributed by atoms with Crippen molar-refractivity contribution in [2.75, 3.05) is 18.5 Å². The number of rotatable bonds is 5. The van der Waals surface area contributed by atoms with Crippen molar-refractivity contribution < 1.29 is 9.53 Å². The Bertz CT molecular complexity index is 724. The first kappa shape index (κ1) is 16.5. The quantitative estimate of drug-likeness (QED) is 0.885. The molecule has 1 saturated heterocycles. The van der Waals surface area contributed by atoms with Crippen molar-refractivity contribution in [1.82, 2.24) is 10.3 Å². The van der Waals surface area contributed by atoms with Gasteiger partial charge in [-0.25, -0.2) is 0 Å². The lowest BCUT2D eigenvalue weighted by Gasteiger charge is -2.12. The molecule has 126 valence electrons. The number of ether oxygens (including phenoxy) is 1. The van der Waals surface area contributed by atoms with Gasteiger partial charge in [-0.2, -0.15) is 0 Å². The topological polar surface area (TPSA) is 63.2 Å². The van der Waals surface area contributed by atoms with Crippen LogP contribution in [0.4, 0.5) is 11.4 Å². The number of nitrogens with zero attached hydrogens (tertiary/aromatic N) is 1. The normalized spacial score (nSPS) is 16.8. The smallest absolute Gasteiger partial charge is 0.270 e. The van der Waals surface area contributed by atoms with Crippen molar-refractivity contribution in [1.29, 1.82) is 0 Å². The maximum absolute atomic E-state index is 12.3. The lowest BCUT2D eigenvalue weighted by atomic mass is 10.1. The molecular weight excluding hydrogens is 302 g/mol. The molecule has 1 aliphatic heterocycles. The highest BCUT2D eigenvalue weighted by atomic mass is 16.5. The third kappa shape index (κ3) is 4.11. The number of pyridine rings is 1. The van der Waals surface area contributed by atoms with Gasteiger partial charge in [0.1, 0.15) is 5.69 Å². The number of anilines is 2. The number of hydrogen-bond acceptors (Lipinski definition) is 4. The molecule has 1 atom stereocenters. The summed E-state index contributed by atoms with van der Waals surface area (Å²) in [5, 5.41) is 6.24. The van der Waals surface area contributed by atoms with Gasteiger partial charge in [0.15, 0.2) is 0 Å². The SMILES string of the molecule is Cc1ccc(Nc2ccnc(C(=O)NCC3CCCO3)c2)c(C)c1. The number of carbonyl (C=O) groups excluding carboxylic acids is 1. The number of benzene rings is 1. The van der Waals surface area contributed by atoms with E-state index in [-0.39, 0.29) is 12.0 Å². The van der Waals surface area contributed by atoms with Crippen LogP contribution in [0.3, 0.4) is 0 Å². The molecule has 0 spiro atoms. The molecule has 2 aromatic rings. The maximum Gasteiger partial charge on any atom is 0.270 e. The van der Waals surface area contributed by atoms with Gasteiger partial charge in [-0.3, -0.25) is 9.78 Å². The Balaban J connectivity index is 1.65. The van der Waals surface area contributed by atoms with E-state index in [9.17, 15) is 4.79 Å². The van der Waals surface area contributed by atoms with E-state index in [1.54, 1.807) is 12.3 Å². The molecular formula is C19H23N3O2. The van der Waals surface area contributed by atoms with E-state index in [1.165, 1.54) is 5.56 Å². The average molecular weight is 325 g/mol. The first-order valence-electron chi connectivity index (χ1n) is 8.32. The molecule has 0 aliphatic carbocycles. The molecule has 1 amide bonds. The van der Waals surface area contributed by atoms with E-state index < -0.39 is 0 Å². The van der Waals surface area contributed by atoms with Gasteiger partial charge in [0, 0.05) is 30.7 Å². The molecule has 1 unspecified atom stereocenters. The van der Waals surface area contributed by atoms with Crippen LogP contribution in [0.2, 0.25) is 0 Å². The molecule has 1 aliphatic rings. The number of amides is 1. The predicted molar refractivity (Wildman–Crippen MR) is 94.7 cm³/mol. The van der Waals surface area contributed by atoms with Crippen LogP contribution in [0.5, 0.6) is 0 Å². The molecule has 1 aromatic carbocycles. The summed E-state index contributed by atoms with van der Waals surface area (Å²) in [7, 11) is 0. The second-order valence-corrected chi connectivity index (χ2v) is 6.22. The fraction of sp³-hybridized carbons (Fsp3) is 0.368. The summed E-state index contributed by atoms with van der Waals surface area (Å²) in [5.41, 5.74) is 4.66. The second kappa shape index (κ2) is 7.45. The molecule has 1 fully saturated rings. The number of hydrogen-bond donors (Lipinski definition) is 2. The van der Waals surface area contributed by atoms with Crippen molar-refractivity contribution >= 4 is 17.3 Å². The molecule has 5 heteroatoms. The van der Waals surface area contributed by atoms with Crippen LogP contribution >= 0.6 is 0 Å². The Labute approximate surface area is 142 Å². The summed E-state index contributed by atoms with van der Waals surface area (Å²) in [6.45, 7) is 5.45. The zero-order valence-corrected chi connectivity index (χ0v) is 14.1. The minimum absolute atomic E-state index is 0.130. The van der Waals surface area contributed by atoms with Gasteiger partial charge >= 0.3 is 0 Å². The van der Waals surface area contributed by atoms with Crippen LogP contribution in [-0.2, 0) is 4.74 Å². The maximum atomic E-state index is 12.3. The molecule has 3 rings (SSSR count). The number of aromatic nitrogens is 1. The van der Waals surface area contributed by atoms with Crippen LogP contribution in [0.15, 0.2) is 36.5 Å². The Morgan fingerprint density at radius 3 is 2.92 bits per heavy atom. The summed E-state index contributed by atoms with van der Waals surface area (Å²) in [5.74, 6) is -0.172. The fourth-order valence-electron chi connectivity index (χ4n) is 2.84. The Morgan fingerprint density at radius 2 is 2.17 bits per heavy atom. The minimum atomic E-state index is -0.172. The number of carbonyl (C=O) groups is 1. The highest BCUT2D eigenvalue weighted by molar-refractivity contribution is 5.93. The van der Waals surface area contributed by atoms with Gasteiger partial charge < -0.3 is 15.4 Å². The molecule has 24 heavy (non-hydrogen) atoms. The van der Waals surface area contributed by atoms with Crippen LogP contribution in [0, 0.1) is 13.8 Å². The molecule has 2 N–H and O–H groups in total. The minimum Gasteiger partial charge on any atom is -0.376 e. The average Bonchev–Trinajstić information content (AvgIpc) is 3.09. The third-order valence-electron chi connectivity index (χ3n) is 4.17. The first-order chi connectivity index (χ1) is 11.6. The van der Waals surface area contributed by atoms with E-state index in [4.69, 9.17) is 4.74 Å². The predicted octanol–water partition coefficient (Wildman–Crippen LogP) is 3.35. The number of nitrogens with one attached hydrogen (secondary N) is 2. The molecule has 5 nitrogen and oxygen atoms in total. The van der Waals surface area contributed by atoms with Crippen LogP contribution in [-0.4, -0.2) is 30.1 Å². The van der Waals surface area contributed by atoms with Crippen molar-refractivity contribution in [3.63, 3.8) is 0 Å². The van der Waals surface area contributed by atoms with E-state index in [0.717, 1.165) is 36.4 Å². The fourth-order valence-corrected chi connectivity index (χ4v) is 2.84. The van der Waals surface area contributed by atoms with E-state index in [2.05, 4.69) is 41.6 Å². The van der Waals surface area contributed by atoms with Gasteiger partial charge in [0.2, 0.25) is 0 Å². The Morgan fingerprint density at radius 1 is 1.29 bits per heavy atom. The van der Waals surface area contributed by atoms with E-state index in [1.807, 2.05) is 12.1 Å². The molecule has 1 aromatic heterocycles. The van der Waals surface area contributed by atoms with Crippen molar-refractivity contribution in [3.8, 4) is 0 Å². The largest absolute Gasteiger partial charge is 0.376 e. The van der Waals surface area contributed by atoms with E-state index >= 15 is 0 Å². The highest BCUT2D eigenvalue weighted by Crippen LogP contribution is 2.21. The van der Waals surface area contributed by atoms with Gasteiger partial charge in [-0.05, 0) is 50.5 Å². The lowest BCUT2D eigenvalue weighted by molar-refractivity contribution is 0.0854. The first-order valence-corrected chi connectivity index (χ1v) is 8.32. The van der Waals surface area contributed by atoms with Gasteiger partial charge in [0.25, 0.3) is 5.91 Å². The molecule has 0 bridgehead atoms. The van der Waals surface area contributed by atoms with Crippen LogP contribution in [0.1, 0.15) is 34.5 Å². The zero-order valence-electron chi connectivity index (χ0n) is 14.1. The zero-order chi connectivity index (χ0) is 16.9. The number of aryl methyl sites for hydroxylation is 2. The standard InChI is InChI=1S/C19H23N3O2/c1-13-5-6-17(14(2)10-13)22-15-7-8-20-18(11-15)19(23)21-12-16-4-3-9-24-16/h5-8,10-11,16H,3-4,9,12H2,1-2H3,(H,20,22)(H,21,23). The van der Waals surface area contributed by atoms with Gasteiger partial charge in [-0.1, -0.05) is 17.7 Å². The highest BCUT2D eigenvalue weighted by Gasteiger charge is 2.17. The summed E-state index contributed by atoms with van der Waals surface area (Å²) < 4.78 is 5.52. The molecule has 2 heterocycles. The summed E-state index contributed by atoms with van der Waals surface area (Å²) in [6, 6.07) is 9.85.